The number of hydrogen-bond acceptors (Lipinski definition) is 5. The summed E-state index contributed by atoms with van der Waals surface area (Å²) in [6.45, 7) is 12.6. The maximum absolute atomic E-state index is 13.1. The van der Waals surface area contributed by atoms with Gasteiger partial charge in [0.15, 0.2) is 0 Å². The molecule has 9 nitrogen and oxygen atoms in total. The third kappa shape index (κ3) is 5.43. The number of aliphatic hydroxyl groups excluding tert-OH is 2. The van der Waals surface area contributed by atoms with Crippen molar-refractivity contribution in [3.8, 4) is 0 Å². The lowest BCUT2D eigenvalue weighted by Crippen LogP contribution is -2.71. The highest BCUT2D eigenvalue weighted by molar-refractivity contribution is 5.69. The first-order valence-corrected chi connectivity index (χ1v) is 14.3. The summed E-state index contributed by atoms with van der Waals surface area (Å²) in [5.41, 5.74) is 1.93. The summed E-state index contributed by atoms with van der Waals surface area (Å²) in [6.07, 6.45) is -3.53. The maximum atomic E-state index is 13.1. The van der Waals surface area contributed by atoms with E-state index in [1.807, 2.05) is 90.1 Å². The van der Waals surface area contributed by atoms with Crippen LogP contribution in [0.3, 0.4) is 0 Å². The Labute approximate surface area is 242 Å². The van der Waals surface area contributed by atoms with Gasteiger partial charge in [-0.3, -0.25) is 9.80 Å². The molecule has 2 aliphatic rings. The molecule has 0 saturated carbocycles. The molecule has 0 radical (unpaired) electrons. The summed E-state index contributed by atoms with van der Waals surface area (Å²) < 4.78 is 0. The Morgan fingerprint density at radius 2 is 1.29 bits per heavy atom. The predicted molar refractivity (Wildman–Crippen MR) is 157 cm³/mol. The van der Waals surface area contributed by atoms with Gasteiger partial charge in [-0.15, -0.1) is 0 Å². The molecule has 0 spiro atoms. The summed E-state index contributed by atoms with van der Waals surface area (Å²) in [4.78, 5) is 27.8. The van der Waals surface area contributed by atoms with Crippen LogP contribution >= 0.6 is 0 Å². The van der Waals surface area contributed by atoms with E-state index in [-0.39, 0.29) is 19.6 Å². The van der Waals surface area contributed by atoms with Gasteiger partial charge < -0.3 is 25.7 Å². The highest BCUT2D eigenvalue weighted by atomic mass is 16.4. The first-order chi connectivity index (χ1) is 19.1. The largest absolute Gasteiger partial charge is 0.465 e. The van der Waals surface area contributed by atoms with Gasteiger partial charge >= 0.3 is 12.2 Å². The molecule has 9 heteroatoms. The van der Waals surface area contributed by atoms with Crippen LogP contribution in [0.4, 0.5) is 9.59 Å². The topological polar surface area (TPSA) is 134 Å². The minimum Gasteiger partial charge on any atom is -0.465 e. The number of carbonyl (C=O) groups is 2. The standard InChI is InChI=1S/C32H45N3O6/c1-30(2,3)32(31(4,5)6)23-14-10-9-12-21(23)16-25(35(32)29(40)41)27(37)18-33-17-26(36)24-15-20-11-7-8-13-22(20)19-34(24)28(38)39/h7-14,24-27,33,36-37H,15-19H2,1-6H3,(H,38,39)(H,40,41)/t24-,25-,26-,27-/m0/s1. The van der Waals surface area contributed by atoms with E-state index in [0.29, 0.717) is 12.8 Å². The molecule has 0 bridgehead atoms. The van der Waals surface area contributed by atoms with E-state index in [4.69, 9.17) is 0 Å². The molecule has 2 aromatic rings. The molecule has 0 aliphatic carbocycles. The lowest BCUT2D eigenvalue weighted by molar-refractivity contribution is -0.126. The minimum atomic E-state index is -1.10. The fraction of sp³-hybridized carbons (Fsp3) is 0.562. The Kier molecular flexibility index (Phi) is 8.47. The Hall–Kier alpha value is -3.14. The second kappa shape index (κ2) is 11.3. The average molecular weight is 568 g/mol. The van der Waals surface area contributed by atoms with Gasteiger partial charge in [0.05, 0.1) is 29.8 Å². The van der Waals surface area contributed by atoms with Gasteiger partial charge in [-0.2, -0.15) is 0 Å². The van der Waals surface area contributed by atoms with Gasteiger partial charge in [0, 0.05) is 19.6 Å². The molecular formula is C32H45N3O6. The summed E-state index contributed by atoms with van der Waals surface area (Å²) >= 11 is 0. The zero-order valence-electron chi connectivity index (χ0n) is 25.0. The minimum absolute atomic E-state index is 0.0361. The lowest BCUT2D eigenvalue weighted by Gasteiger charge is -2.63. The summed E-state index contributed by atoms with van der Waals surface area (Å²) in [5.74, 6) is 0. The molecule has 0 fully saturated rings. The number of carboxylic acid groups (broad SMARTS) is 2. The third-order valence-electron chi connectivity index (χ3n) is 9.04. The van der Waals surface area contributed by atoms with Crippen molar-refractivity contribution in [1.82, 2.24) is 15.1 Å². The smallest absolute Gasteiger partial charge is 0.408 e. The van der Waals surface area contributed by atoms with E-state index in [0.717, 1.165) is 22.3 Å². The van der Waals surface area contributed by atoms with Crippen molar-refractivity contribution < 1.29 is 30.0 Å². The fourth-order valence-corrected chi connectivity index (χ4v) is 7.75. The Bertz CT molecular complexity index is 1250. The van der Waals surface area contributed by atoms with Crippen LogP contribution in [0.2, 0.25) is 0 Å². The van der Waals surface area contributed by atoms with Gasteiger partial charge in [-0.25, -0.2) is 9.59 Å². The third-order valence-corrected chi connectivity index (χ3v) is 9.04. The molecule has 41 heavy (non-hydrogen) atoms. The summed E-state index contributed by atoms with van der Waals surface area (Å²) in [5, 5.41) is 46.2. The van der Waals surface area contributed by atoms with Crippen LogP contribution in [0.15, 0.2) is 48.5 Å². The molecule has 2 aromatic carbocycles. The van der Waals surface area contributed by atoms with Crippen LogP contribution in [0.5, 0.6) is 0 Å². The van der Waals surface area contributed by atoms with Crippen LogP contribution in [-0.2, 0) is 24.9 Å². The predicted octanol–water partition coefficient (Wildman–Crippen LogP) is 4.30. The molecule has 2 amide bonds. The zero-order chi connectivity index (χ0) is 30.3. The van der Waals surface area contributed by atoms with Crippen molar-refractivity contribution in [2.45, 2.75) is 90.8 Å². The first kappa shape index (κ1) is 30.8. The first-order valence-electron chi connectivity index (χ1n) is 14.3. The summed E-state index contributed by atoms with van der Waals surface area (Å²) in [6, 6.07) is 14.2. The molecule has 2 heterocycles. The Morgan fingerprint density at radius 1 is 0.805 bits per heavy atom. The monoisotopic (exact) mass is 567 g/mol. The molecule has 0 saturated heterocycles. The van der Waals surface area contributed by atoms with Gasteiger partial charge in [0.2, 0.25) is 0 Å². The van der Waals surface area contributed by atoms with Gasteiger partial charge in [-0.1, -0.05) is 90.1 Å². The van der Waals surface area contributed by atoms with Gasteiger partial charge in [-0.05, 0) is 45.9 Å². The molecule has 4 rings (SSSR count). The molecule has 224 valence electrons. The number of fused-ring (bicyclic) bond motifs is 2. The van der Waals surface area contributed by atoms with Crippen LogP contribution in [-0.4, -0.2) is 79.8 Å². The van der Waals surface area contributed by atoms with Gasteiger partial charge in [0.1, 0.15) is 0 Å². The lowest BCUT2D eigenvalue weighted by atomic mass is 9.53. The highest BCUT2D eigenvalue weighted by Crippen LogP contribution is 2.59. The number of hydrogen-bond donors (Lipinski definition) is 5. The van der Waals surface area contributed by atoms with Crippen LogP contribution in [0.1, 0.15) is 63.8 Å². The second-order valence-electron chi connectivity index (χ2n) is 13.5. The normalized spacial score (nSPS) is 22.0. The number of rotatable bonds is 6. The Balaban J connectivity index is 1.57. The molecule has 4 atom stereocenters. The van der Waals surface area contributed by atoms with Gasteiger partial charge in [0.25, 0.3) is 0 Å². The van der Waals surface area contributed by atoms with Crippen LogP contribution in [0, 0.1) is 10.8 Å². The van der Waals surface area contributed by atoms with Crippen molar-refractivity contribution in [2.75, 3.05) is 13.1 Å². The van der Waals surface area contributed by atoms with E-state index in [2.05, 4.69) is 5.32 Å². The molecule has 0 aromatic heterocycles. The fourth-order valence-electron chi connectivity index (χ4n) is 7.75. The van der Waals surface area contributed by atoms with Crippen molar-refractivity contribution in [3.63, 3.8) is 0 Å². The van der Waals surface area contributed by atoms with Crippen molar-refractivity contribution in [3.05, 3.63) is 70.8 Å². The summed E-state index contributed by atoms with van der Waals surface area (Å²) in [7, 11) is 0. The Morgan fingerprint density at radius 3 is 1.83 bits per heavy atom. The van der Waals surface area contributed by atoms with Crippen molar-refractivity contribution >= 4 is 12.2 Å². The number of amides is 2. The molecular weight excluding hydrogens is 522 g/mol. The maximum Gasteiger partial charge on any atom is 0.408 e. The van der Waals surface area contributed by atoms with Crippen molar-refractivity contribution in [2.24, 2.45) is 10.8 Å². The van der Waals surface area contributed by atoms with Crippen molar-refractivity contribution in [1.29, 1.82) is 0 Å². The number of nitrogens with one attached hydrogen (secondary N) is 1. The molecule has 5 N–H and O–H groups in total. The number of benzene rings is 2. The quantitative estimate of drug-likeness (QED) is 0.352. The van der Waals surface area contributed by atoms with E-state index in [1.54, 1.807) is 0 Å². The van der Waals surface area contributed by atoms with E-state index < -0.39 is 52.8 Å². The second-order valence-corrected chi connectivity index (χ2v) is 13.5. The highest BCUT2D eigenvalue weighted by Gasteiger charge is 2.62. The van der Waals surface area contributed by atoms with E-state index >= 15 is 0 Å². The van der Waals surface area contributed by atoms with E-state index in [1.165, 1.54) is 9.80 Å². The van der Waals surface area contributed by atoms with Crippen LogP contribution < -0.4 is 5.32 Å². The average Bonchev–Trinajstić information content (AvgIpc) is 2.89. The molecule has 0 unspecified atom stereocenters. The van der Waals surface area contributed by atoms with E-state index in [9.17, 15) is 30.0 Å². The number of nitrogens with zero attached hydrogens (tertiary/aromatic N) is 2. The number of aliphatic hydroxyl groups is 2. The SMILES string of the molecule is CC(C)(C)C1(C(C)(C)C)c2ccccc2C[C@@H]([C@@H](O)CNC[C@H](O)[C@@H]2Cc3ccccc3CN2C(=O)O)N1C(=O)O. The molecule has 2 aliphatic heterocycles. The zero-order valence-corrected chi connectivity index (χ0v) is 25.0. The van der Waals surface area contributed by atoms with Crippen LogP contribution in [0.25, 0.3) is 0 Å².